The van der Waals surface area contributed by atoms with Crippen LogP contribution in [0.5, 0.6) is 17.2 Å². The molecule has 2 N–H and O–H groups in total. The van der Waals surface area contributed by atoms with Gasteiger partial charge in [0.2, 0.25) is 0 Å². The molecule has 0 atom stereocenters. The monoisotopic (exact) mass is 510 g/mol. The second-order valence-electron chi connectivity index (χ2n) is 6.46. The predicted octanol–water partition coefficient (Wildman–Crippen LogP) is 4.08. The Balaban J connectivity index is 1.89. The summed E-state index contributed by atoms with van der Waals surface area (Å²) in [5.74, 6) is 1.67. The average Bonchev–Trinajstić information content (AvgIpc) is 2.77. The number of carbonyl (C=O) groups excluding carboxylic acids is 1. The highest BCUT2D eigenvalue weighted by atomic mass is 79.9. The number of nitrogens with one attached hydrogen (secondary N) is 2. The van der Waals surface area contributed by atoms with Crippen LogP contribution in [0.1, 0.15) is 29.3 Å². The van der Waals surface area contributed by atoms with Crippen LogP contribution in [-0.4, -0.2) is 45.1 Å². The van der Waals surface area contributed by atoms with Gasteiger partial charge in [0.05, 0.1) is 24.8 Å². The van der Waals surface area contributed by atoms with Gasteiger partial charge >= 0.3 is 0 Å². The van der Waals surface area contributed by atoms with Crippen molar-refractivity contribution in [1.29, 1.82) is 0 Å². The van der Waals surface area contributed by atoms with Gasteiger partial charge in [0, 0.05) is 19.2 Å². The van der Waals surface area contributed by atoms with Crippen molar-refractivity contribution in [3.63, 3.8) is 0 Å². The number of methoxy groups -OCH3 is 2. The molecule has 0 fully saturated rings. The Morgan fingerprint density at radius 3 is 2.42 bits per heavy atom. The van der Waals surface area contributed by atoms with E-state index in [9.17, 15) is 4.79 Å². The van der Waals surface area contributed by atoms with E-state index in [2.05, 4.69) is 26.6 Å². The number of hydrogen-bond acceptors (Lipinski definition) is 6. The molecular weight excluding hydrogens is 484 g/mol. The van der Waals surface area contributed by atoms with Crippen LogP contribution in [0.25, 0.3) is 0 Å². The number of hydrogen-bond donors (Lipinski definition) is 2. The Bertz CT molecular complexity index is 894. The number of rotatable bonds is 11. The minimum Gasteiger partial charge on any atom is -0.493 e. The van der Waals surface area contributed by atoms with Crippen LogP contribution in [0, 0.1) is 0 Å². The first-order valence-electron chi connectivity index (χ1n) is 9.78. The Kier molecular flexibility index (Phi) is 10.6. The number of ether oxygens (including phenoxy) is 4. The first-order chi connectivity index (χ1) is 15.0. The molecule has 9 heteroatoms. The zero-order chi connectivity index (χ0) is 22.6. The van der Waals surface area contributed by atoms with Gasteiger partial charge in [-0.25, -0.2) is 0 Å². The number of thiocarbonyl (C=S) groups is 1. The summed E-state index contributed by atoms with van der Waals surface area (Å²) in [6.07, 6.45) is 0.917. The smallest absolute Gasteiger partial charge is 0.257 e. The van der Waals surface area contributed by atoms with E-state index < -0.39 is 0 Å². The molecule has 2 rings (SSSR count). The highest BCUT2D eigenvalue weighted by Crippen LogP contribution is 2.28. The van der Waals surface area contributed by atoms with Gasteiger partial charge in [0.1, 0.15) is 12.4 Å². The SMILES string of the molecule is CCCOc1ccc(CNC(=S)NC(=O)c2ccc(OCCOC)c(Br)c2)cc1OC. The van der Waals surface area contributed by atoms with E-state index in [1.54, 1.807) is 32.4 Å². The summed E-state index contributed by atoms with van der Waals surface area (Å²) >= 11 is 8.67. The molecule has 31 heavy (non-hydrogen) atoms. The van der Waals surface area contributed by atoms with Gasteiger partial charge < -0.3 is 24.3 Å². The summed E-state index contributed by atoms with van der Waals surface area (Å²) in [6.45, 7) is 4.00. The van der Waals surface area contributed by atoms with Crippen molar-refractivity contribution in [2.24, 2.45) is 0 Å². The topological polar surface area (TPSA) is 78.1 Å². The molecule has 0 saturated heterocycles. The molecule has 7 nitrogen and oxygen atoms in total. The Labute approximate surface area is 196 Å². The van der Waals surface area contributed by atoms with Crippen LogP contribution < -0.4 is 24.8 Å². The lowest BCUT2D eigenvalue weighted by Gasteiger charge is -2.13. The third-order valence-corrected chi connectivity index (χ3v) is 4.98. The van der Waals surface area contributed by atoms with Gasteiger partial charge in [-0.2, -0.15) is 0 Å². The molecule has 0 heterocycles. The predicted molar refractivity (Wildman–Crippen MR) is 127 cm³/mol. The van der Waals surface area contributed by atoms with Crippen LogP contribution in [0.4, 0.5) is 0 Å². The number of halogens is 1. The number of benzene rings is 2. The van der Waals surface area contributed by atoms with Crippen molar-refractivity contribution in [3.8, 4) is 17.2 Å². The van der Waals surface area contributed by atoms with Crippen LogP contribution >= 0.6 is 28.1 Å². The molecule has 0 saturated carbocycles. The van der Waals surface area contributed by atoms with E-state index >= 15 is 0 Å². The molecule has 1 amide bonds. The summed E-state index contributed by atoms with van der Waals surface area (Å²) in [5, 5.41) is 5.93. The molecule has 168 valence electrons. The van der Waals surface area contributed by atoms with Crippen LogP contribution in [0.3, 0.4) is 0 Å². The van der Waals surface area contributed by atoms with Gasteiger partial charge in [0.25, 0.3) is 5.91 Å². The molecule has 0 spiro atoms. The minimum absolute atomic E-state index is 0.229. The summed E-state index contributed by atoms with van der Waals surface area (Å²) in [5.41, 5.74) is 1.40. The maximum Gasteiger partial charge on any atom is 0.257 e. The fraction of sp³-hybridized carbons (Fsp3) is 0.364. The Morgan fingerprint density at radius 1 is 1.00 bits per heavy atom. The summed E-state index contributed by atoms with van der Waals surface area (Å²) in [7, 11) is 3.21. The van der Waals surface area contributed by atoms with Gasteiger partial charge in [-0.1, -0.05) is 13.0 Å². The standard InChI is InChI=1S/C22H27BrN2O5S/c1-4-9-29-19-7-5-15(12-20(19)28-3)14-24-22(31)25-21(26)16-6-8-18(17(23)13-16)30-11-10-27-2/h5-8,12-13H,4,9-11,14H2,1-3H3,(H2,24,25,26,31). The van der Waals surface area contributed by atoms with E-state index in [0.29, 0.717) is 53.7 Å². The molecule has 0 aliphatic rings. The lowest BCUT2D eigenvalue weighted by molar-refractivity contribution is 0.0976. The molecule has 2 aromatic rings. The first kappa shape index (κ1) is 24.9. The molecule has 0 aliphatic heterocycles. The van der Waals surface area contributed by atoms with Crippen LogP contribution in [0.2, 0.25) is 0 Å². The maximum absolute atomic E-state index is 12.5. The number of carbonyl (C=O) groups is 1. The summed E-state index contributed by atoms with van der Waals surface area (Å²) < 4.78 is 22.2. The quantitative estimate of drug-likeness (QED) is 0.348. The fourth-order valence-electron chi connectivity index (χ4n) is 2.55. The summed E-state index contributed by atoms with van der Waals surface area (Å²) in [6, 6.07) is 10.7. The van der Waals surface area contributed by atoms with Crippen molar-refractivity contribution in [1.82, 2.24) is 10.6 Å². The minimum atomic E-state index is -0.317. The van der Waals surface area contributed by atoms with Crippen molar-refractivity contribution in [3.05, 3.63) is 52.0 Å². The lowest BCUT2D eigenvalue weighted by Crippen LogP contribution is -2.38. The molecule has 0 aromatic heterocycles. The Hall–Kier alpha value is -2.36. The van der Waals surface area contributed by atoms with Crippen molar-refractivity contribution >= 4 is 39.2 Å². The van der Waals surface area contributed by atoms with Gasteiger partial charge in [-0.3, -0.25) is 10.1 Å². The highest BCUT2D eigenvalue weighted by Gasteiger charge is 2.12. The lowest BCUT2D eigenvalue weighted by atomic mass is 10.2. The largest absolute Gasteiger partial charge is 0.493 e. The van der Waals surface area contributed by atoms with E-state index in [1.165, 1.54) is 0 Å². The number of amides is 1. The van der Waals surface area contributed by atoms with Crippen LogP contribution in [-0.2, 0) is 11.3 Å². The van der Waals surface area contributed by atoms with E-state index in [1.807, 2.05) is 25.1 Å². The van der Waals surface area contributed by atoms with E-state index in [0.717, 1.165) is 12.0 Å². The second-order valence-corrected chi connectivity index (χ2v) is 7.72. The molecular formula is C22H27BrN2O5S. The zero-order valence-corrected chi connectivity index (χ0v) is 20.2. The maximum atomic E-state index is 12.5. The van der Waals surface area contributed by atoms with Crippen LogP contribution in [0.15, 0.2) is 40.9 Å². The molecule has 0 bridgehead atoms. The van der Waals surface area contributed by atoms with Gasteiger partial charge in [0.15, 0.2) is 16.6 Å². The normalized spacial score (nSPS) is 10.3. The van der Waals surface area contributed by atoms with E-state index in [-0.39, 0.29) is 11.0 Å². The third kappa shape index (κ3) is 8.01. The van der Waals surface area contributed by atoms with E-state index in [4.69, 9.17) is 31.2 Å². The van der Waals surface area contributed by atoms with Crippen molar-refractivity contribution in [2.75, 3.05) is 34.0 Å². The van der Waals surface area contributed by atoms with Gasteiger partial charge in [-0.15, -0.1) is 0 Å². The summed E-state index contributed by atoms with van der Waals surface area (Å²) in [4.78, 5) is 12.5. The third-order valence-electron chi connectivity index (χ3n) is 4.11. The molecule has 0 aliphatic carbocycles. The zero-order valence-electron chi connectivity index (χ0n) is 17.8. The fourth-order valence-corrected chi connectivity index (χ4v) is 3.21. The van der Waals surface area contributed by atoms with Crippen molar-refractivity contribution < 1.29 is 23.7 Å². The molecule has 0 unspecified atom stereocenters. The highest BCUT2D eigenvalue weighted by molar-refractivity contribution is 9.10. The Morgan fingerprint density at radius 2 is 1.74 bits per heavy atom. The molecule has 2 aromatic carbocycles. The van der Waals surface area contributed by atoms with Gasteiger partial charge in [-0.05, 0) is 70.5 Å². The average molecular weight is 511 g/mol. The van der Waals surface area contributed by atoms with Crippen molar-refractivity contribution in [2.45, 2.75) is 19.9 Å². The molecule has 0 radical (unpaired) electrons. The second kappa shape index (κ2) is 13.1. The first-order valence-corrected chi connectivity index (χ1v) is 11.0.